The lowest BCUT2D eigenvalue weighted by molar-refractivity contribution is 0.111. The Morgan fingerprint density at radius 1 is 1.18 bits per heavy atom. The molecule has 0 radical (unpaired) electrons. The molecule has 0 atom stereocenters. The van der Waals surface area contributed by atoms with E-state index in [1.54, 1.807) is 7.11 Å². The van der Waals surface area contributed by atoms with Gasteiger partial charge in [0, 0.05) is 0 Å². The number of hydrogen-bond donors (Lipinski definition) is 0. The van der Waals surface area contributed by atoms with Crippen molar-refractivity contribution in [2.45, 2.75) is 19.8 Å². The van der Waals surface area contributed by atoms with Crippen molar-refractivity contribution in [2.75, 3.05) is 13.7 Å². The fourth-order valence-electron chi connectivity index (χ4n) is 2.52. The Kier molecular flexibility index (Phi) is 4.14. The number of ether oxygens (including phenoxy) is 2. The highest BCUT2D eigenvalue weighted by Crippen LogP contribution is 2.32. The monoisotopic (exact) mass is 296 g/mol. The minimum atomic E-state index is 0.605. The summed E-state index contributed by atoms with van der Waals surface area (Å²) >= 11 is 0. The van der Waals surface area contributed by atoms with E-state index in [2.05, 4.69) is 0 Å². The first kappa shape index (κ1) is 14.6. The van der Waals surface area contributed by atoms with Crippen molar-refractivity contribution in [2.24, 2.45) is 5.92 Å². The summed E-state index contributed by atoms with van der Waals surface area (Å²) in [6.07, 6.45) is 3.34. The molecule has 1 aliphatic rings. The first-order chi connectivity index (χ1) is 10.7. The zero-order chi connectivity index (χ0) is 15.5. The maximum absolute atomic E-state index is 11.4. The summed E-state index contributed by atoms with van der Waals surface area (Å²) in [6.45, 7) is 2.75. The summed E-state index contributed by atoms with van der Waals surface area (Å²) in [4.78, 5) is 11.4. The zero-order valence-corrected chi connectivity index (χ0v) is 13.0. The molecule has 0 spiro atoms. The molecular weight excluding hydrogens is 276 g/mol. The summed E-state index contributed by atoms with van der Waals surface area (Å²) in [7, 11) is 1.66. The first-order valence-electron chi connectivity index (χ1n) is 7.58. The molecule has 3 nitrogen and oxygen atoms in total. The van der Waals surface area contributed by atoms with Crippen LogP contribution < -0.4 is 9.47 Å². The van der Waals surface area contributed by atoms with E-state index in [-0.39, 0.29) is 0 Å². The molecule has 0 bridgehead atoms. The average molecular weight is 296 g/mol. The van der Waals surface area contributed by atoms with Crippen molar-refractivity contribution < 1.29 is 14.3 Å². The molecule has 3 heteroatoms. The largest absolute Gasteiger partial charge is 0.497 e. The second-order valence-corrected chi connectivity index (χ2v) is 5.81. The van der Waals surface area contributed by atoms with E-state index >= 15 is 0 Å². The molecule has 0 aromatic heterocycles. The fourth-order valence-corrected chi connectivity index (χ4v) is 2.52. The fraction of sp³-hybridized carbons (Fsp3) is 0.316. The molecule has 0 unspecified atom stereocenters. The molecule has 0 heterocycles. The van der Waals surface area contributed by atoms with Gasteiger partial charge < -0.3 is 9.47 Å². The van der Waals surface area contributed by atoms with Crippen molar-refractivity contribution >= 4 is 6.29 Å². The van der Waals surface area contributed by atoms with Crippen LogP contribution in [0.3, 0.4) is 0 Å². The second-order valence-electron chi connectivity index (χ2n) is 5.81. The van der Waals surface area contributed by atoms with Gasteiger partial charge in [-0.3, -0.25) is 4.79 Å². The van der Waals surface area contributed by atoms with E-state index in [0.29, 0.717) is 23.8 Å². The number of benzene rings is 2. The average Bonchev–Trinajstić information content (AvgIpc) is 3.37. The van der Waals surface area contributed by atoms with E-state index < -0.39 is 0 Å². The molecule has 0 amide bonds. The van der Waals surface area contributed by atoms with Gasteiger partial charge in [-0.15, -0.1) is 0 Å². The molecule has 0 aliphatic heterocycles. The SMILES string of the molecule is COc1ccc(-c2ccc(OCC3CC3)c(C=O)c2)c(C)c1. The lowest BCUT2D eigenvalue weighted by atomic mass is 9.98. The lowest BCUT2D eigenvalue weighted by Crippen LogP contribution is -2.01. The maximum Gasteiger partial charge on any atom is 0.153 e. The molecular formula is C19H20O3. The van der Waals surface area contributed by atoms with E-state index in [1.807, 2.05) is 43.3 Å². The Labute approximate surface area is 130 Å². The Balaban J connectivity index is 1.88. The van der Waals surface area contributed by atoms with Crippen LogP contribution in [-0.4, -0.2) is 20.0 Å². The molecule has 1 saturated carbocycles. The van der Waals surface area contributed by atoms with Crippen LogP contribution in [0.15, 0.2) is 36.4 Å². The number of aldehydes is 1. The topological polar surface area (TPSA) is 35.5 Å². The van der Waals surface area contributed by atoms with Crippen LogP contribution >= 0.6 is 0 Å². The van der Waals surface area contributed by atoms with Gasteiger partial charge in [0.25, 0.3) is 0 Å². The minimum Gasteiger partial charge on any atom is -0.497 e. The van der Waals surface area contributed by atoms with E-state index in [4.69, 9.17) is 9.47 Å². The quantitative estimate of drug-likeness (QED) is 0.747. The van der Waals surface area contributed by atoms with Crippen molar-refractivity contribution in [1.82, 2.24) is 0 Å². The van der Waals surface area contributed by atoms with Crippen molar-refractivity contribution in [3.63, 3.8) is 0 Å². The van der Waals surface area contributed by atoms with E-state index in [0.717, 1.165) is 28.7 Å². The summed E-state index contributed by atoms with van der Waals surface area (Å²) in [5.41, 5.74) is 3.83. The van der Waals surface area contributed by atoms with Crippen molar-refractivity contribution in [3.05, 3.63) is 47.5 Å². The summed E-state index contributed by atoms with van der Waals surface area (Å²) < 4.78 is 11.0. The predicted molar refractivity (Wildman–Crippen MR) is 86.8 cm³/mol. The molecule has 0 saturated heterocycles. The van der Waals surface area contributed by atoms with Gasteiger partial charge in [0.15, 0.2) is 6.29 Å². The molecule has 114 valence electrons. The standard InChI is InChI=1S/C19H20O3/c1-13-9-17(21-2)6-7-18(13)15-5-8-19(16(10-15)11-20)22-12-14-3-4-14/h5-11,14H,3-4,12H2,1-2H3. The number of methoxy groups -OCH3 is 1. The molecule has 22 heavy (non-hydrogen) atoms. The summed E-state index contributed by atoms with van der Waals surface area (Å²) in [5, 5.41) is 0. The molecule has 0 N–H and O–H groups in total. The number of aryl methyl sites for hydroxylation is 1. The Hall–Kier alpha value is -2.29. The molecule has 3 rings (SSSR count). The molecule has 2 aromatic carbocycles. The number of rotatable bonds is 6. The normalized spacial score (nSPS) is 13.7. The van der Waals surface area contributed by atoms with Gasteiger partial charge in [0.05, 0.1) is 19.3 Å². The van der Waals surface area contributed by atoms with Gasteiger partial charge in [0.2, 0.25) is 0 Å². The second kappa shape index (κ2) is 6.22. The van der Waals surface area contributed by atoms with Gasteiger partial charge in [-0.2, -0.15) is 0 Å². The summed E-state index contributed by atoms with van der Waals surface area (Å²) in [6, 6.07) is 11.7. The van der Waals surface area contributed by atoms with Gasteiger partial charge in [-0.05, 0) is 66.6 Å². The van der Waals surface area contributed by atoms with Gasteiger partial charge in [0.1, 0.15) is 11.5 Å². The lowest BCUT2D eigenvalue weighted by Gasteiger charge is -2.12. The maximum atomic E-state index is 11.4. The third kappa shape index (κ3) is 3.14. The third-order valence-corrected chi connectivity index (χ3v) is 4.05. The number of carbonyl (C=O) groups excluding carboxylic acids is 1. The highest BCUT2D eigenvalue weighted by Gasteiger charge is 2.22. The van der Waals surface area contributed by atoms with Crippen LogP contribution in [0.4, 0.5) is 0 Å². The van der Waals surface area contributed by atoms with Gasteiger partial charge in [-0.1, -0.05) is 12.1 Å². The molecule has 1 aliphatic carbocycles. The zero-order valence-electron chi connectivity index (χ0n) is 13.0. The highest BCUT2D eigenvalue weighted by molar-refractivity contribution is 5.83. The predicted octanol–water partition coefficient (Wildman–Crippen LogP) is 4.27. The van der Waals surface area contributed by atoms with Crippen molar-refractivity contribution in [1.29, 1.82) is 0 Å². The van der Waals surface area contributed by atoms with Crippen LogP contribution in [-0.2, 0) is 0 Å². The van der Waals surface area contributed by atoms with Crippen LogP contribution in [0.1, 0.15) is 28.8 Å². The van der Waals surface area contributed by atoms with Crippen LogP contribution in [0, 0.1) is 12.8 Å². The minimum absolute atomic E-state index is 0.605. The van der Waals surface area contributed by atoms with Crippen molar-refractivity contribution in [3.8, 4) is 22.6 Å². The highest BCUT2D eigenvalue weighted by atomic mass is 16.5. The van der Waals surface area contributed by atoms with Crippen LogP contribution in [0.25, 0.3) is 11.1 Å². The van der Waals surface area contributed by atoms with Crippen LogP contribution in [0.5, 0.6) is 11.5 Å². The number of hydrogen-bond acceptors (Lipinski definition) is 3. The Bertz CT molecular complexity index is 687. The van der Waals surface area contributed by atoms with E-state index in [1.165, 1.54) is 12.8 Å². The van der Waals surface area contributed by atoms with Crippen LogP contribution in [0.2, 0.25) is 0 Å². The van der Waals surface area contributed by atoms with Gasteiger partial charge in [-0.25, -0.2) is 0 Å². The smallest absolute Gasteiger partial charge is 0.153 e. The van der Waals surface area contributed by atoms with E-state index in [9.17, 15) is 4.79 Å². The third-order valence-electron chi connectivity index (χ3n) is 4.05. The Morgan fingerprint density at radius 3 is 2.64 bits per heavy atom. The summed E-state index contributed by atoms with van der Waals surface area (Å²) in [5.74, 6) is 2.18. The molecule has 1 fully saturated rings. The van der Waals surface area contributed by atoms with Gasteiger partial charge >= 0.3 is 0 Å². The molecule has 2 aromatic rings. The first-order valence-corrected chi connectivity index (χ1v) is 7.58. The Morgan fingerprint density at radius 2 is 2.00 bits per heavy atom. The number of carbonyl (C=O) groups is 1.